The Bertz CT molecular complexity index is 658. The molecule has 2 aromatic rings. The summed E-state index contributed by atoms with van der Waals surface area (Å²) in [5, 5.41) is 11.9. The van der Waals surface area contributed by atoms with E-state index in [1.807, 2.05) is 6.07 Å². The Hall–Kier alpha value is -2.55. The molecule has 0 radical (unpaired) electrons. The summed E-state index contributed by atoms with van der Waals surface area (Å²) in [6.07, 6.45) is 7.03. The second kappa shape index (κ2) is 4.85. The van der Waals surface area contributed by atoms with Gasteiger partial charge in [0, 0.05) is 6.20 Å². The van der Waals surface area contributed by atoms with Gasteiger partial charge in [-0.25, -0.2) is 14.4 Å². The van der Waals surface area contributed by atoms with Crippen LogP contribution in [0.15, 0.2) is 30.7 Å². The normalized spacial score (nSPS) is 16.0. The van der Waals surface area contributed by atoms with E-state index in [4.69, 9.17) is 5.26 Å². The molecule has 100 valence electrons. The number of nitrogens with zero attached hydrogens (tertiary/aromatic N) is 4. The molecule has 0 spiro atoms. The maximum Gasteiger partial charge on any atom is 0.223 e. The smallest absolute Gasteiger partial charge is 0.223 e. The van der Waals surface area contributed by atoms with Crippen LogP contribution in [0.25, 0.3) is 0 Å². The van der Waals surface area contributed by atoms with Crippen LogP contribution in [-0.4, -0.2) is 15.0 Å². The van der Waals surface area contributed by atoms with E-state index in [0.717, 1.165) is 19.3 Å². The molecule has 3 rings (SSSR count). The summed E-state index contributed by atoms with van der Waals surface area (Å²) in [4.78, 5) is 12.3. The minimum absolute atomic E-state index is 0.326. The highest BCUT2D eigenvalue weighted by Gasteiger charge is 2.42. The van der Waals surface area contributed by atoms with Gasteiger partial charge in [-0.3, -0.25) is 4.98 Å². The number of anilines is 1. The van der Waals surface area contributed by atoms with E-state index in [1.165, 1.54) is 18.5 Å². The summed E-state index contributed by atoms with van der Waals surface area (Å²) < 4.78 is 13.9. The second-order valence-electron chi connectivity index (χ2n) is 4.80. The molecular formula is C14H12FN5. The van der Waals surface area contributed by atoms with Crippen molar-refractivity contribution < 1.29 is 4.39 Å². The van der Waals surface area contributed by atoms with Gasteiger partial charge in [0.15, 0.2) is 0 Å². The SMILES string of the molecule is N#Cc1cnc(NC2(c3ncccc3F)CCC2)nc1. The molecule has 1 fully saturated rings. The molecule has 0 atom stereocenters. The van der Waals surface area contributed by atoms with Crippen LogP contribution in [-0.2, 0) is 5.54 Å². The molecule has 1 N–H and O–H groups in total. The van der Waals surface area contributed by atoms with Gasteiger partial charge in [0.1, 0.15) is 17.6 Å². The fourth-order valence-corrected chi connectivity index (χ4v) is 2.35. The highest BCUT2D eigenvalue weighted by atomic mass is 19.1. The summed E-state index contributed by atoms with van der Waals surface area (Å²) in [5.41, 5.74) is 0.251. The molecular weight excluding hydrogens is 257 g/mol. The van der Waals surface area contributed by atoms with Crippen LogP contribution in [0.5, 0.6) is 0 Å². The van der Waals surface area contributed by atoms with Crippen LogP contribution < -0.4 is 5.32 Å². The van der Waals surface area contributed by atoms with Crippen molar-refractivity contribution in [2.24, 2.45) is 0 Å². The van der Waals surface area contributed by atoms with E-state index in [9.17, 15) is 4.39 Å². The maximum absolute atomic E-state index is 13.9. The Morgan fingerprint density at radius 1 is 1.25 bits per heavy atom. The molecule has 1 aliphatic carbocycles. The van der Waals surface area contributed by atoms with Crippen LogP contribution in [0.3, 0.4) is 0 Å². The number of halogens is 1. The van der Waals surface area contributed by atoms with E-state index < -0.39 is 5.54 Å². The van der Waals surface area contributed by atoms with Crippen LogP contribution in [0.1, 0.15) is 30.5 Å². The van der Waals surface area contributed by atoms with Crippen molar-refractivity contribution in [2.75, 3.05) is 5.32 Å². The van der Waals surface area contributed by atoms with Gasteiger partial charge in [-0.2, -0.15) is 5.26 Å². The molecule has 2 aromatic heterocycles. The first-order valence-corrected chi connectivity index (χ1v) is 6.35. The summed E-state index contributed by atoms with van der Waals surface area (Å²) in [6, 6.07) is 4.94. The van der Waals surface area contributed by atoms with Crippen LogP contribution in [0, 0.1) is 17.1 Å². The van der Waals surface area contributed by atoms with E-state index in [-0.39, 0.29) is 5.82 Å². The second-order valence-corrected chi connectivity index (χ2v) is 4.80. The lowest BCUT2D eigenvalue weighted by Gasteiger charge is -2.42. The predicted molar refractivity (Wildman–Crippen MR) is 70.1 cm³/mol. The Morgan fingerprint density at radius 3 is 2.55 bits per heavy atom. The Labute approximate surface area is 115 Å². The molecule has 6 heteroatoms. The molecule has 0 aromatic carbocycles. The van der Waals surface area contributed by atoms with Gasteiger partial charge >= 0.3 is 0 Å². The van der Waals surface area contributed by atoms with Crippen molar-refractivity contribution in [3.8, 4) is 6.07 Å². The minimum Gasteiger partial charge on any atom is -0.343 e. The number of pyridine rings is 1. The monoisotopic (exact) mass is 269 g/mol. The number of aromatic nitrogens is 3. The van der Waals surface area contributed by atoms with Crippen LogP contribution in [0.2, 0.25) is 0 Å². The molecule has 0 aliphatic heterocycles. The number of rotatable bonds is 3. The van der Waals surface area contributed by atoms with Gasteiger partial charge in [0.05, 0.1) is 23.5 Å². The lowest BCUT2D eigenvalue weighted by Crippen LogP contribution is -2.44. The van der Waals surface area contributed by atoms with Crippen molar-refractivity contribution >= 4 is 5.95 Å². The average molecular weight is 269 g/mol. The first-order valence-electron chi connectivity index (χ1n) is 6.35. The zero-order chi connectivity index (χ0) is 14.0. The lowest BCUT2D eigenvalue weighted by molar-refractivity contribution is 0.264. The van der Waals surface area contributed by atoms with E-state index in [2.05, 4.69) is 20.3 Å². The zero-order valence-electron chi connectivity index (χ0n) is 10.7. The number of hydrogen-bond donors (Lipinski definition) is 1. The molecule has 0 bridgehead atoms. The first-order chi connectivity index (χ1) is 9.73. The number of hydrogen-bond acceptors (Lipinski definition) is 5. The highest BCUT2D eigenvalue weighted by molar-refractivity contribution is 5.38. The summed E-state index contributed by atoms with van der Waals surface area (Å²) in [6.45, 7) is 0. The van der Waals surface area contributed by atoms with Crippen molar-refractivity contribution in [2.45, 2.75) is 24.8 Å². The molecule has 20 heavy (non-hydrogen) atoms. The molecule has 0 amide bonds. The Kier molecular flexibility index (Phi) is 3.03. The highest BCUT2D eigenvalue weighted by Crippen LogP contribution is 2.43. The van der Waals surface area contributed by atoms with Crippen molar-refractivity contribution in [1.29, 1.82) is 5.26 Å². The van der Waals surface area contributed by atoms with Gasteiger partial charge in [-0.05, 0) is 31.4 Å². The Morgan fingerprint density at radius 2 is 2.00 bits per heavy atom. The van der Waals surface area contributed by atoms with Gasteiger partial charge in [0.2, 0.25) is 5.95 Å². The third-order valence-electron chi connectivity index (χ3n) is 3.55. The van der Waals surface area contributed by atoms with Crippen molar-refractivity contribution in [3.63, 3.8) is 0 Å². The number of nitriles is 1. The minimum atomic E-state index is -0.542. The van der Waals surface area contributed by atoms with Crippen LogP contribution in [0.4, 0.5) is 10.3 Å². The quantitative estimate of drug-likeness (QED) is 0.925. The first kappa shape index (κ1) is 12.5. The molecule has 2 heterocycles. The van der Waals surface area contributed by atoms with Gasteiger partial charge in [-0.1, -0.05) is 0 Å². The fraction of sp³-hybridized carbons (Fsp3) is 0.286. The summed E-state index contributed by atoms with van der Waals surface area (Å²) in [5.74, 6) is 0.0575. The zero-order valence-corrected chi connectivity index (χ0v) is 10.7. The van der Waals surface area contributed by atoms with Crippen molar-refractivity contribution in [1.82, 2.24) is 15.0 Å². The molecule has 0 saturated heterocycles. The van der Waals surface area contributed by atoms with E-state index in [1.54, 1.807) is 12.3 Å². The topological polar surface area (TPSA) is 74.5 Å². The van der Waals surface area contributed by atoms with Gasteiger partial charge in [0.25, 0.3) is 0 Å². The summed E-state index contributed by atoms with van der Waals surface area (Å²) >= 11 is 0. The predicted octanol–water partition coefficient (Wildman–Crippen LogP) is 2.37. The standard InChI is InChI=1S/C14H12FN5/c15-11-3-1-6-17-12(11)14(4-2-5-14)20-13-18-8-10(7-16)9-19-13/h1,3,6,8-9H,2,4-5H2,(H,18,19,20). The maximum atomic E-state index is 13.9. The number of nitrogens with one attached hydrogen (secondary N) is 1. The molecule has 1 saturated carbocycles. The molecule has 5 nitrogen and oxygen atoms in total. The van der Waals surface area contributed by atoms with Gasteiger partial charge in [-0.15, -0.1) is 0 Å². The van der Waals surface area contributed by atoms with Gasteiger partial charge < -0.3 is 5.32 Å². The van der Waals surface area contributed by atoms with Crippen LogP contribution >= 0.6 is 0 Å². The third-order valence-corrected chi connectivity index (χ3v) is 3.55. The summed E-state index contributed by atoms with van der Waals surface area (Å²) in [7, 11) is 0. The van der Waals surface area contributed by atoms with Crippen molar-refractivity contribution in [3.05, 3.63) is 47.8 Å². The largest absolute Gasteiger partial charge is 0.343 e. The van der Waals surface area contributed by atoms with E-state index in [0.29, 0.717) is 17.2 Å². The Balaban J connectivity index is 1.90. The fourth-order valence-electron chi connectivity index (χ4n) is 2.35. The molecule has 0 unspecified atom stereocenters. The van der Waals surface area contributed by atoms with E-state index >= 15 is 0 Å². The average Bonchev–Trinajstić information content (AvgIpc) is 2.44. The third kappa shape index (κ3) is 2.07. The lowest BCUT2D eigenvalue weighted by atomic mass is 9.74. The molecule has 1 aliphatic rings.